The first kappa shape index (κ1) is 9.69. The number of rotatable bonds is 1. The minimum Gasteiger partial charge on any atom is -0.393 e. The van der Waals surface area contributed by atoms with Gasteiger partial charge in [-0.1, -0.05) is 26.2 Å². The molecule has 1 aliphatic heterocycles. The summed E-state index contributed by atoms with van der Waals surface area (Å²) in [6.07, 6.45) is 5.81. The second-order valence-corrected chi connectivity index (χ2v) is 4.45. The molecule has 0 amide bonds. The molecule has 0 N–H and O–H groups in total. The summed E-state index contributed by atoms with van der Waals surface area (Å²) in [4.78, 5) is 22.6. The first-order valence-corrected chi connectivity index (χ1v) is 5.45. The molecule has 0 aromatic rings. The molecule has 2 rings (SSSR count). The number of carbonyl (C=O) groups excluding carboxylic acids is 2. The molecule has 1 aliphatic carbocycles. The van der Waals surface area contributed by atoms with Crippen molar-refractivity contribution in [2.24, 2.45) is 17.8 Å². The molecule has 2 aliphatic rings. The van der Waals surface area contributed by atoms with Crippen molar-refractivity contribution < 1.29 is 14.3 Å². The number of hydrogen-bond donors (Lipinski definition) is 0. The predicted molar refractivity (Wildman–Crippen MR) is 50.3 cm³/mol. The van der Waals surface area contributed by atoms with Gasteiger partial charge in [-0.2, -0.15) is 0 Å². The van der Waals surface area contributed by atoms with Gasteiger partial charge in [-0.15, -0.1) is 0 Å². The van der Waals surface area contributed by atoms with Crippen molar-refractivity contribution in [3.8, 4) is 0 Å². The van der Waals surface area contributed by atoms with Gasteiger partial charge in [0.1, 0.15) is 0 Å². The lowest BCUT2D eigenvalue weighted by atomic mass is 9.76. The van der Waals surface area contributed by atoms with Gasteiger partial charge in [0.05, 0.1) is 11.8 Å². The van der Waals surface area contributed by atoms with Crippen molar-refractivity contribution in [2.45, 2.75) is 39.0 Å². The Balaban J connectivity index is 2.08. The molecule has 2 fully saturated rings. The Labute approximate surface area is 83.8 Å². The van der Waals surface area contributed by atoms with Crippen LogP contribution in [0.5, 0.6) is 0 Å². The highest BCUT2D eigenvalue weighted by atomic mass is 16.6. The fourth-order valence-electron chi connectivity index (χ4n) is 2.70. The van der Waals surface area contributed by atoms with Crippen LogP contribution >= 0.6 is 0 Å². The highest BCUT2D eigenvalue weighted by molar-refractivity contribution is 5.96. The van der Waals surface area contributed by atoms with Crippen LogP contribution in [-0.2, 0) is 14.3 Å². The fourth-order valence-corrected chi connectivity index (χ4v) is 2.70. The van der Waals surface area contributed by atoms with E-state index in [1.165, 1.54) is 19.3 Å². The molecule has 0 unspecified atom stereocenters. The molecule has 14 heavy (non-hydrogen) atoms. The van der Waals surface area contributed by atoms with Crippen LogP contribution < -0.4 is 0 Å². The van der Waals surface area contributed by atoms with Crippen LogP contribution in [0.1, 0.15) is 39.0 Å². The average molecular weight is 196 g/mol. The maximum Gasteiger partial charge on any atom is 0.317 e. The minimum absolute atomic E-state index is 0.150. The van der Waals surface area contributed by atoms with Gasteiger partial charge in [0, 0.05) is 0 Å². The van der Waals surface area contributed by atoms with E-state index >= 15 is 0 Å². The van der Waals surface area contributed by atoms with Crippen LogP contribution in [-0.4, -0.2) is 11.9 Å². The molecule has 0 bridgehead atoms. The third-order valence-electron chi connectivity index (χ3n) is 3.54. The van der Waals surface area contributed by atoms with Crippen molar-refractivity contribution >= 4 is 11.9 Å². The lowest BCUT2D eigenvalue weighted by Crippen LogP contribution is -2.26. The van der Waals surface area contributed by atoms with Crippen molar-refractivity contribution in [1.29, 1.82) is 0 Å². The van der Waals surface area contributed by atoms with E-state index in [1.54, 1.807) is 0 Å². The normalized spacial score (nSPS) is 34.6. The molecule has 0 spiro atoms. The van der Waals surface area contributed by atoms with E-state index in [0.717, 1.165) is 12.8 Å². The Kier molecular flexibility index (Phi) is 2.57. The first-order chi connectivity index (χ1) is 6.70. The van der Waals surface area contributed by atoms with Crippen molar-refractivity contribution in [1.82, 2.24) is 0 Å². The van der Waals surface area contributed by atoms with Crippen LogP contribution in [0.15, 0.2) is 0 Å². The van der Waals surface area contributed by atoms with Crippen LogP contribution in [0.2, 0.25) is 0 Å². The smallest absolute Gasteiger partial charge is 0.317 e. The molecule has 1 saturated carbocycles. The van der Waals surface area contributed by atoms with E-state index in [-0.39, 0.29) is 23.8 Å². The molecule has 0 aromatic carbocycles. The van der Waals surface area contributed by atoms with Gasteiger partial charge < -0.3 is 4.74 Å². The van der Waals surface area contributed by atoms with E-state index in [2.05, 4.69) is 4.74 Å². The number of esters is 2. The van der Waals surface area contributed by atoms with Gasteiger partial charge >= 0.3 is 11.9 Å². The Hall–Kier alpha value is -0.860. The topological polar surface area (TPSA) is 43.4 Å². The van der Waals surface area contributed by atoms with Crippen LogP contribution in [0.3, 0.4) is 0 Å². The van der Waals surface area contributed by atoms with Crippen molar-refractivity contribution in [2.75, 3.05) is 0 Å². The van der Waals surface area contributed by atoms with E-state index in [4.69, 9.17) is 0 Å². The Morgan fingerprint density at radius 1 is 1.07 bits per heavy atom. The minimum atomic E-state index is -0.328. The molecule has 0 radical (unpaired) electrons. The van der Waals surface area contributed by atoms with Crippen LogP contribution in [0, 0.1) is 17.8 Å². The third kappa shape index (κ3) is 1.56. The molecule has 2 atom stereocenters. The maximum absolute atomic E-state index is 11.5. The molecule has 1 saturated heterocycles. The summed E-state index contributed by atoms with van der Waals surface area (Å²) in [7, 11) is 0. The van der Waals surface area contributed by atoms with Gasteiger partial charge in [0.2, 0.25) is 0 Å². The molecule has 1 heterocycles. The Morgan fingerprint density at radius 3 is 2.21 bits per heavy atom. The van der Waals surface area contributed by atoms with Gasteiger partial charge in [-0.25, -0.2) is 0 Å². The number of cyclic esters (lactones) is 2. The summed E-state index contributed by atoms with van der Waals surface area (Å²) in [5.41, 5.74) is 0. The quantitative estimate of drug-likeness (QED) is 0.475. The summed E-state index contributed by atoms with van der Waals surface area (Å²) in [6, 6.07) is 0. The van der Waals surface area contributed by atoms with Crippen LogP contribution in [0.4, 0.5) is 0 Å². The van der Waals surface area contributed by atoms with Gasteiger partial charge in [-0.05, 0) is 18.8 Å². The van der Waals surface area contributed by atoms with Crippen LogP contribution in [0.25, 0.3) is 0 Å². The standard InChI is InChI=1S/C11H16O3/c1-7-9(11(13)14-10(7)12)8-5-3-2-4-6-8/h7-9H,2-6H2,1H3/t7-,9+/m0/s1. The zero-order valence-electron chi connectivity index (χ0n) is 8.49. The molecular weight excluding hydrogens is 180 g/mol. The predicted octanol–water partition coefficient (Wildman–Crippen LogP) is 1.90. The fraction of sp³-hybridized carbons (Fsp3) is 0.818. The van der Waals surface area contributed by atoms with Crippen molar-refractivity contribution in [3.05, 3.63) is 0 Å². The maximum atomic E-state index is 11.5. The number of hydrogen-bond acceptors (Lipinski definition) is 3. The second kappa shape index (κ2) is 3.71. The van der Waals surface area contributed by atoms with E-state index in [1.807, 2.05) is 6.92 Å². The zero-order chi connectivity index (χ0) is 10.1. The van der Waals surface area contributed by atoms with Gasteiger partial charge in [0.25, 0.3) is 0 Å². The molecule has 78 valence electrons. The highest BCUT2D eigenvalue weighted by Gasteiger charge is 2.45. The highest BCUT2D eigenvalue weighted by Crippen LogP contribution is 2.38. The molecule has 3 heteroatoms. The van der Waals surface area contributed by atoms with Gasteiger partial charge in [-0.3, -0.25) is 9.59 Å². The summed E-state index contributed by atoms with van der Waals surface area (Å²) < 4.78 is 4.66. The third-order valence-corrected chi connectivity index (χ3v) is 3.54. The largest absolute Gasteiger partial charge is 0.393 e. The first-order valence-electron chi connectivity index (χ1n) is 5.45. The van der Waals surface area contributed by atoms with E-state index < -0.39 is 0 Å². The zero-order valence-corrected chi connectivity index (χ0v) is 8.49. The summed E-state index contributed by atoms with van der Waals surface area (Å²) in [5, 5.41) is 0. The Morgan fingerprint density at radius 2 is 1.71 bits per heavy atom. The number of ether oxygens (including phenoxy) is 1. The SMILES string of the molecule is C[C@@H]1C(=O)OC(=O)[C@H]1C1CCCCC1. The van der Waals surface area contributed by atoms with E-state index in [0.29, 0.717) is 5.92 Å². The Bertz CT molecular complexity index is 253. The number of carbonyl (C=O) groups is 2. The second-order valence-electron chi connectivity index (χ2n) is 4.45. The molecule has 0 aromatic heterocycles. The van der Waals surface area contributed by atoms with E-state index in [9.17, 15) is 9.59 Å². The lowest BCUT2D eigenvalue weighted by Gasteiger charge is -2.26. The lowest BCUT2D eigenvalue weighted by molar-refractivity contribution is -0.154. The summed E-state index contributed by atoms with van der Waals surface area (Å²) in [6.45, 7) is 1.81. The van der Waals surface area contributed by atoms with Crippen molar-refractivity contribution in [3.63, 3.8) is 0 Å². The average Bonchev–Trinajstić information content (AvgIpc) is 2.43. The van der Waals surface area contributed by atoms with Gasteiger partial charge in [0.15, 0.2) is 0 Å². The molecule has 3 nitrogen and oxygen atoms in total. The monoisotopic (exact) mass is 196 g/mol. The summed E-state index contributed by atoms with van der Waals surface area (Å²) >= 11 is 0. The molecular formula is C11H16O3. The summed E-state index contributed by atoms with van der Waals surface area (Å²) in [5.74, 6) is -0.592.